The van der Waals surface area contributed by atoms with E-state index >= 15 is 0 Å². The van der Waals surface area contributed by atoms with E-state index in [4.69, 9.17) is 14.7 Å². The first-order valence-electron chi connectivity index (χ1n) is 12.6. The summed E-state index contributed by atoms with van der Waals surface area (Å²) in [5, 5.41) is 10.8. The van der Waals surface area contributed by atoms with Crippen LogP contribution in [0.4, 0.5) is 5.82 Å². The van der Waals surface area contributed by atoms with Crippen LogP contribution in [0.5, 0.6) is 5.75 Å². The minimum absolute atomic E-state index is 0.143. The normalized spacial score (nSPS) is 20.8. The van der Waals surface area contributed by atoms with Crippen LogP contribution in [0.1, 0.15) is 31.6 Å². The third-order valence-electron chi connectivity index (χ3n) is 7.17. The molecular formula is C27H35N5O2S. The Hall–Kier alpha value is -2.39. The van der Waals surface area contributed by atoms with Gasteiger partial charge in [0.15, 0.2) is 0 Å². The van der Waals surface area contributed by atoms with Gasteiger partial charge in [-0.15, -0.1) is 0 Å². The van der Waals surface area contributed by atoms with Gasteiger partial charge in [0, 0.05) is 56.2 Å². The zero-order chi connectivity index (χ0) is 24.2. The lowest BCUT2D eigenvalue weighted by Crippen LogP contribution is -2.44. The number of aliphatic hydroxyl groups is 1. The fourth-order valence-electron chi connectivity index (χ4n) is 5.04. The van der Waals surface area contributed by atoms with E-state index in [9.17, 15) is 5.11 Å². The number of rotatable bonds is 7. The number of aromatic nitrogens is 2. The van der Waals surface area contributed by atoms with Crippen molar-refractivity contribution in [1.82, 2.24) is 19.2 Å². The van der Waals surface area contributed by atoms with E-state index in [1.165, 1.54) is 4.90 Å². The van der Waals surface area contributed by atoms with Crippen molar-refractivity contribution in [2.75, 3.05) is 57.9 Å². The number of hydrogen-bond acceptors (Lipinski definition) is 8. The Morgan fingerprint density at radius 3 is 2.54 bits per heavy atom. The first kappa shape index (κ1) is 24.3. The molecule has 2 unspecified atom stereocenters. The molecule has 0 radical (unpaired) electrons. The van der Waals surface area contributed by atoms with Crippen molar-refractivity contribution >= 4 is 28.7 Å². The Kier molecular flexibility index (Phi) is 7.72. The predicted molar refractivity (Wildman–Crippen MR) is 142 cm³/mol. The molecule has 2 aromatic carbocycles. The largest absolute Gasteiger partial charge is 0.497 e. The number of aliphatic hydroxyl groups excluding tert-OH is 1. The summed E-state index contributed by atoms with van der Waals surface area (Å²) < 4.78 is 7.70. The second-order valence-corrected chi connectivity index (χ2v) is 10.6. The Balaban J connectivity index is 1.29. The topological polar surface area (TPSA) is 65.0 Å². The summed E-state index contributed by atoms with van der Waals surface area (Å²) in [6.07, 6.45) is 2.17. The van der Waals surface area contributed by atoms with Gasteiger partial charge in [-0.25, -0.2) is 14.3 Å². The van der Waals surface area contributed by atoms with Crippen molar-refractivity contribution in [3.63, 3.8) is 0 Å². The summed E-state index contributed by atoms with van der Waals surface area (Å²) >= 11 is 1.81. The molecule has 186 valence electrons. The maximum absolute atomic E-state index is 9.74. The third-order valence-corrected chi connectivity index (χ3v) is 8.27. The zero-order valence-corrected chi connectivity index (χ0v) is 21.5. The molecule has 5 rings (SSSR count). The van der Waals surface area contributed by atoms with Crippen molar-refractivity contribution in [2.24, 2.45) is 5.92 Å². The second-order valence-electron chi connectivity index (χ2n) is 9.47. The molecule has 2 atom stereocenters. The molecule has 3 aromatic rings. The molecule has 0 spiro atoms. The molecule has 2 aliphatic heterocycles. The van der Waals surface area contributed by atoms with Gasteiger partial charge in [0.1, 0.15) is 17.4 Å². The Bertz CT molecular complexity index is 1120. The van der Waals surface area contributed by atoms with Crippen LogP contribution in [0.2, 0.25) is 0 Å². The van der Waals surface area contributed by atoms with Crippen LogP contribution in [0.15, 0.2) is 53.4 Å². The summed E-state index contributed by atoms with van der Waals surface area (Å²) in [5.41, 5.74) is 0.999. The number of methoxy groups -OCH3 is 1. The number of piperidine rings is 1. The van der Waals surface area contributed by atoms with Crippen LogP contribution >= 0.6 is 11.9 Å². The minimum atomic E-state index is 0.143. The van der Waals surface area contributed by atoms with Gasteiger partial charge in [-0.3, -0.25) is 4.90 Å². The molecule has 3 heterocycles. The SMILES string of the molecule is COc1ccc(SN2CCN(C(C)c3nc(N4CCCC(CO)C4)c4ccccc4n3)CC2)cc1. The lowest BCUT2D eigenvalue weighted by molar-refractivity contribution is 0.146. The number of para-hydroxylation sites is 1. The molecule has 2 saturated heterocycles. The highest BCUT2D eigenvalue weighted by Crippen LogP contribution is 2.32. The highest BCUT2D eigenvalue weighted by atomic mass is 32.2. The number of benzene rings is 2. The maximum Gasteiger partial charge on any atom is 0.148 e. The minimum Gasteiger partial charge on any atom is -0.497 e. The van der Waals surface area contributed by atoms with E-state index in [2.05, 4.69) is 57.4 Å². The average molecular weight is 494 g/mol. The molecule has 0 amide bonds. The fraction of sp³-hybridized carbons (Fsp3) is 0.481. The molecule has 8 heteroatoms. The van der Waals surface area contributed by atoms with Crippen molar-refractivity contribution in [1.29, 1.82) is 0 Å². The van der Waals surface area contributed by atoms with Crippen LogP contribution in [0, 0.1) is 5.92 Å². The molecule has 0 aliphatic carbocycles. The van der Waals surface area contributed by atoms with Gasteiger partial charge in [0.2, 0.25) is 0 Å². The summed E-state index contributed by atoms with van der Waals surface area (Å²) in [6.45, 7) is 8.24. The number of ether oxygens (including phenoxy) is 1. The third kappa shape index (κ3) is 5.56. The second kappa shape index (κ2) is 11.1. The molecule has 1 aromatic heterocycles. The smallest absolute Gasteiger partial charge is 0.148 e. The Morgan fingerprint density at radius 2 is 1.80 bits per heavy atom. The molecular weight excluding hydrogens is 458 g/mol. The monoisotopic (exact) mass is 493 g/mol. The number of fused-ring (bicyclic) bond motifs is 1. The number of piperazine rings is 1. The van der Waals surface area contributed by atoms with Gasteiger partial charge >= 0.3 is 0 Å². The van der Waals surface area contributed by atoms with Gasteiger partial charge in [0.25, 0.3) is 0 Å². The lowest BCUT2D eigenvalue weighted by Gasteiger charge is -2.37. The summed E-state index contributed by atoms with van der Waals surface area (Å²) in [4.78, 5) is 16.2. The van der Waals surface area contributed by atoms with Crippen LogP contribution in [0.25, 0.3) is 10.9 Å². The maximum atomic E-state index is 9.74. The highest BCUT2D eigenvalue weighted by Gasteiger charge is 2.27. The van der Waals surface area contributed by atoms with Crippen molar-refractivity contribution in [2.45, 2.75) is 30.7 Å². The fourth-order valence-corrected chi connectivity index (χ4v) is 5.94. The van der Waals surface area contributed by atoms with Gasteiger partial charge < -0.3 is 14.7 Å². The first-order chi connectivity index (χ1) is 17.1. The number of hydrogen-bond donors (Lipinski definition) is 1. The molecule has 1 N–H and O–H groups in total. The van der Waals surface area contributed by atoms with E-state index in [0.717, 1.165) is 80.4 Å². The summed E-state index contributed by atoms with van der Waals surface area (Å²) in [6, 6.07) is 16.7. The van der Waals surface area contributed by atoms with Crippen molar-refractivity contribution < 1.29 is 9.84 Å². The van der Waals surface area contributed by atoms with Gasteiger partial charge in [0.05, 0.1) is 18.7 Å². The zero-order valence-electron chi connectivity index (χ0n) is 20.6. The van der Waals surface area contributed by atoms with E-state index in [0.29, 0.717) is 5.92 Å². The summed E-state index contributed by atoms with van der Waals surface area (Å²) in [7, 11) is 1.70. The van der Waals surface area contributed by atoms with Gasteiger partial charge in [-0.1, -0.05) is 12.1 Å². The molecule has 7 nitrogen and oxygen atoms in total. The standard InChI is InChI=1S/C27H35N5O2S/c1-20(30-14-16-32(17-15-30)35-23-11-9-22(34-2)10-12-23)26-28-25-8-4-3-7-24(25)27(29-26)31-13-5-6-21(18-31)19-33/h3-4,7-12,20-21,33H,5-6,13-19H2,1-2H3. The Labute approximate surface area is 212 Å². The van der Waals surface area contributed by atoms with E-state index < -0.39 is 0 Å². The van der Waals surface area contributed by atoms with Crippen LogP contribution in [-0.4, -0.2) is 77.3 Å². The number of nitrogens with zero attached hydrogens (tertiary/aromatic N) is 5. The Morgan fingerprint density at radius 1 is 1.03 bits per heavy atom. The van der Waals surface area contributed by atoms with Gasteiger partial charge in [-0.05, 0) is 74.0 Å². The lowest BCUT2D eigenvalue weighted by atomic mass is 9.99. The summed E-state index contributed by atoms with van der Waals surface area (Å²) in [5.74, 6) is 3.11. The van der Waals surface area contributed by atoms with Crippen LogP contribution < -0.4 is 9.64 Å². The first-order valence-corrected chi connectivity index (χ1v) is 13.4. The highest BCUT2D eigenvalue weighted by molar-refractivity contribution is 7.97. The molecule has 2 fully saturated rings. The predicted octanol–water partition coefficient (Wildman–Crippen LogP) is 4.23. The van der Waals surface area contributed by atoms with Gasteiger partial charge in [-0.2, -0.15) is 0 Å². The van der Waals surface area contributed by atoms with Crippen LogP contribution in [-0.2, 0) is 0 Å². The van der Waals surface area contributed by atoms with E-state index in [1.807, 2.05) is 24.1 Å². The molecule has 2 aliphatic rings. The van der Waals surface area contributed by atoms with Crippen molar-refractivity contribution in [3.8, 4) is 5.75 Å². The van der Waals surface area contributed by atoms with E-state index in [1.54, 1.807) is 7.11 Å². The van der Waals surface area contributed by atoms with Crippen LogP contribution in [0.3, 0.4) is 0 Å². The average Bonchev–Trinajstić information content (AvgIpc) is 2.93. The molecule has 0 saturated carbocycles. The quantitative estimate of drug-likeness (QED) is 0.491. The van der Waals surface area contributed by atoms with Crippen molar-refractivity contribution in [3.05, 3.63) is 54.4 Å². The molecule has 0 bridgehead atoms. The molecule has 35 heavy (non-hydrogen) atoms. The van der Waals surface area contributed by atoms with E-state index in [-0.39, 0.29) is 12.6 Å². The number of anilines is 1.